The van der Waals surface area contributed by atoms with Gasteiger partial charge in [-0.3, -0.25) is 0 Å². The first kappa shape index (κ1) is 10.9. The lowest BCUT2D eigenvalue weighted by molar-refractivity contribution is 0.249. The van der Waals surface area contributed by atoms with Crippen molar-refractivity contribution in [3.63, 3.8) is 0 Å². The predicted octanol–water partition coefficient (Wildman–Crippen LogP) is 0.523. The average molecular weight is 241 g/mol. The minimum absolute atomic E-state index is 0.102. The fraction of sp³-hybridized carbons (Fsp3) is 0.222. The van der Waals surface area contributed by atoms with Gasteiger partial charge in [-0.2, -0.15) is 0 Å². The lowest BCUT2D eigenvalue weighted by Crippen LogP contribution is -2.09. The van der Waals surface area contributed by atoms with Crippen molar-refractivity contribution in [1.82, 2.24) is 9.97 Å². The van der Waals surface area contributed by atoms with Gasteiger partial charge >= 0.3 is 0 Å². The molecule has 0 spiro atoms. The number of anilines is 1. The highest BCUT2D eigenvalue weighted by Crippen LogP contribution is 2.17. The highest BCUT2D eigenvalue weighted by atomic mass is 32.2. The van der Waals surface area contributed by atoms with Crippen molar-refractivity contribution in [1.29, 1.82) is 0 Å². The molecule has 0 bridgehead atoms. The summed E-state index contributed by atoms with van der Waals surface area (Å²) in [7, 11) is -2.20. The van der Waals surface area contributed by atoms with Crippen LogP contribution in [0, 0.1) is 0 Å². The molecule has 0 unspecified atom stereocenters. The van der Waals surface area contributed by atoms with Crippen LogP contribution in [0.15, 0.2) is 23.4 Å². The summed E-state index contributed by atoms with van der Waals surface area (Å²) in [5, 5.41) is -0.102. The van der Waals surface area contributed by atoms with E-state index in [1.54, 1.807) is 18.2 Å². The molecule has 0 aliphatic carbocycles. The van der Waals surface area contributed by atoms with Crippen molar-refractivity contribution >= 4 is 26.6 Å². The summed E-state index contributed by atoms with van der Waals surface area (Å²) in [4.78, 5) is 6.67. The van der Waals surface area contributed by atoms with Crippen molar-refractivity contribution in [3.05, 3.63) is 18.2 Å². The molecule has 16 heavy (non-hydrogen) atoms. The Bertz CT molecular complexity index is 618. The fourth-order valence-corrected chi connectivity index (χ4v) is 2.29. The first-order valence-electron chi connectivity index (χ1n) is 4.50. The molecule has 0 aliphatic heterocycles. The lowest BCUT2D eigenvalue weighted by Gasteiger charge is -1.96. The van der Waals surface area contributed by atoms with Crippen LogP contribution in [0.4, 0.5) is 5.69 Å². The van der Waals surface area contributed by atoms with Crippen LogP contribution in [-0.2, 0) is 14.6 Å². The Hall–Kier alpha value is -1.60. The van der Waals surface area contributed by atoms with E-state index >= 15 is 0 Å². The summed E-state index contributed by atoms with van der Waals surface area (Å²) < 4.78 is 27.9. The van der Waals surface area contributed by atoms with Crippen LogP contribution in [0.2, 0.25) is 0 Å². The number of nitrogens with two attached hydrogens (primary N) is 1. The molecule has 86 valence electrons. The van der Waals surface area contributed by atoms with Gasteiger partial charge in [0, 0.05) is 12.8 Å². The molecule has 0 amide bonds. The van der Waals surface area contributed by atoms with E-state index < -0.39 is 15.8 Å². The number of nitrogen functional groups attached to an aromatic ring is 1. The molecule has 7 heteroatoms. The number of hydrogen-bond donors (Lipinski definition) is 2. The first-order chi connectivity index (χ1) is 7.53. The van der Waals surface area contributed by atoms with E-state index in [2.05, 4.69) is 14.7 Å². The highest BCUT2D eigenvalue weighted by Gasteiger charge is 2.18. The minimum atomic E-state index is -3.51. The van der Waals surface area contributed by atoms with Gasteiger partial charge in [-0.25, -0.2) is 13.4 Å². The Morgan fingerprint density at radius 3 is 2.94 bits per heavy atom. The fourth-order valence-electron chi connectivity index (χ4n) is 1.36. The van der Waals surface area contributed by atoms with Gasteiger partial charge in [0.2, 0.25) is 15.0 Å². The van der Waals surface area contributed by atoms with E-state index in [9.17, 15) is 8.42 Å². The summed E-state index contributed by atoms with van der Waals surface area (Å²) in [6.07, 6.45) is 0. The molecule has 3 N–H and O–H groups in total. The molecule has 0 atom stereocenters. The number of fused-ring (bicyclic) bond motifs is 1. The Kier molecular flexibility index (Phi) is 2.56. The number of sulfone groups is 1. The monoisotopic (exact) mass is 241 g/mol. The van der Waals surface area contributed by atoms with Gasteiger partial charge in [0.1, 0.15) is 0 Å². The van der Waals surface area contributed by atoms with Gasteiger partial charge in [-0.15, -0.1) is 0 Å². The molecule has 0 radical (unpaired) electrons. The topological polar surface area (TPSA) is 98.1 Å². The zero-order valence-electron chi connectivity index (χ0n) is 8.60. The quantitative estimate of drug-likeness (QED) is 0.763. The first-order valence-corrected chi connectivity index (χ1v) is 6.15. The molecule has 2 rings (SSSR count). The Balaban J connectivity index is 2.55. The van der Waals surface area contributed by atoms with Crippen molar-refractivity contribution in [2.45, 2.75) is 5.16 Å². The maximum absolute atomic E-state index is 11.6. The third-order valence-electron chi connectivity index (χ3n) is 2.05. The van der Waals surface area contributed by atoms with Crippen LogP contribution < -0.4 is 5.73 Å². The Morgan fingerprint density at radius 2 is 2.25 bits per heavy atom. The van der Waals surface area contributed by atoms with Gasteiger partial charge in [0.05, 0.1) is 11.0 Å². The second-order valence-corrected chi connectivity index (χ2v) is 5.19. The highest BCUT2D eigenvalue weighted by molar-refractivity contribution is 7.91. The SMILES string of the molecule is COCS(=O)(=O)c1nc2ccc(N)cc2[nH]1. The number of imidazole rings is 1. The summed E-state index contributed by atoms with van der Waals surface area (Å²) in [6, 6.07) is 4.96. The third kappa shape index (κ3) is 1.86. The number of aromatic nitrogens is 2. The Morgan fingerprint density at radius 1 is 1.50 bits per heavy atom. The van der Waals surface area contributed by atoms with Crippen molar-refractivity contribution < 1.29 is 13.2 Å². The molecular weight excluding hydrogens is 230 g/mol. The number of H-pyrrole nitrogens is 1. The average Bonchev–Trinajstić information content (AvgIpc) is 2.61. The summed E-state index contributed by atoms with van der Waals surface area (Å²) in [6.45, 7) is 0. The lowest BCUT2D eigenvalue weighted by atomic mass is 10.3. The summed E-state index contributed by atoms with van der Waals surface area (Å²) in [5.41, 5.74) is 7.28. The van der Waals surface area contributed by atoms with Crippen LogP contribution in [-0.4, -0.2) is 31.4 Å². The van der Waals surface area contributed by atoms with Crippen LogP contribution >= 0.6 is 0 Å². The van der Waals surface area contributed by atoms with Crippen LogP contribution in [0.25, 0.3) is 11.0 Å². The minimum Gasteiger partial charge on any atom is -0.399 e. The number of rotatable bonds is 3. The maximum Gasteiger partial charge on any atom is 0.235 e. The number of ether oxygens (including phenoxy) is 1. The van der Waals surface area contributed by atoms with E-state index in [0.717, 1.165) is 0 Å². The van der Waals surface area contributed by atoms with E-state index in [-0.39, 0.29) is 5.16 Å². The van der Waals surface area contributed by atoms with Crippen LogP contribution in [0.1, 0.15) is 0 Å². The van der Waals surface area contributed by atoms with Gasteiger partial charge in [0.25, 0.3) is 0 Å². The second-order valence-electron chi connectivity index (χ2n) is 3.34. The number of nitrogens with zero attached hydrogens (tertiary/aromatic N) is 1. The Labute approximate surface area is 92.4 Å². The number of aromatic amines is 1. The number of benzene rings is 1. The van der Waals surface area contributed by atoms with Crippen molar-refractivity contribution in [2.75, 3.05) is 18.8 Å². The van der Waals surface area contributed by atoms with E-state index in [0.29, 0.717) is 16.7 Å². The van der Waals surface area contributed by atoms with Crippen molar-refractivity contribution in [3.8, 4) is 0 Å². The predicted molar refractivity (Wildman–Crippen MR) is 59.6 cm³/mol. The van der Waals surface area contributed by atoms with Crippen LogP contribution in [0.5, 0.6) is 0 Å². The molecule has 0 saturated carbocycles. The second kappa shape index (κ2) is 3.76. The van der Waals surface area contributed by atoms with E-state index in [4.69, 9.17) is 5.73 Å². The molecule has 0 aliphatic rings. The number of hydrogen-bond acceptors (Lipinski definition) is 5. The maximum atomic E-state index is 11.6. The molecule has 0 fully saturated rings. The summed E-state index contributed by atoms with van der Waals surface area (Å²) in [5.74, 6) is -0.400. The molecule has 1 heterocycles. The van der Waals surface area contributed by atoms with E-state index in [1.807, 2.05) is 0 Å². The summed E-state index contributed by atoms with van der Waals surface area (Å²) >= 11 is 0. The zero-order chi connectivity index (χ0) is 11.8. The van der Waals surface area contributed by atoms with Gasteiger partial charge in [0.15, 0.2) is 5.94 Å². The third-order valence-corrected chi connectivity index (χ3v) is 3.38. The van der Waals surface area contributed by atoms with Gasteiger partial charge in [-0.05, 0) is 18.2 Å². The molecule has 1 aromatic carbocycles. The largest absolute Gasteiger partial charge is 0.399 e. The van der Waals surface area contributed by atoms with Crippen molar-refractivity contribution in [2.24, 2.45) is 0 Å². The molecular formula is C9H11N3O3S. The smallest absolute Gasteiger partial charge is 0.235 e. The number of nitrogens with one attached hydrogen (secondary N) is 1. The normalized spacial score (nSPS) is 12.1. The van der Waals surface area contributed by atoms with Gasteiger partial charge < -0.3 is 15.5 Å². The zero-order valence-corrected chi connectivity index (χ0v) is 9.41. The molecule has 0 saturated heterocycles. The molecule has 6 nitrogen and oxygen atoms in total. The molecule has 1 aromatic heterocycles. The van der Waals surface area contributed by atoms with Gasteiger partial charge in [-0.1, -0.05) is 0 Å². The van der Waals surface area contributed by atoms with Crippen LogP contribution in [0.3, 0.4) is 0 Å². The van der Waals surface area contributed by atoms with E-state index in [1.165, 1.54) is 7.11 Å². The molecule has 2 aromatic rings. The number of methoxy groups -OCH3 is 1. The standard InChI is InChI=1S/C9H11N3O3S/c1-15-5-16(13,14)9-11-7-3-2-6(10)4-8(7)12-9/h2-4H,5,10H2,1H3,(H,11,12).